The number of carbonyl (C=O) groups excluding carboxylic acids is 1. The third-order valence-electron chi connectivity index (χ3n) is 3.01. The Morgan fingerprint density at radius 2 is 2.26 bits per heavy atom. The minimum atomic E-state index is -0.261. The summed E-state index contributed by atoms with van der Waals surface area (Å²) in [4.78, 5) is 12.1. The second-order valence-corrected chi connectivity index (χ2v) is 6.47. The molecular weight excluding hydrogens is 264 g/mol. The third-order valence-corrected chi connectivity index (χ3v) is 3.83. The molecule has 0 unspecified atom stereocenters. The molecule has 1 saturated carbocycles. The first-order chi connectivity index (χ1) is 8.93. The average molecular weight is 284 g/mol. The van der Waals surface area contributed by atoms with Crippen LogP contribution < -0.4 is 16.4 Å². The Morgan fingerprint density at radius 3 is 2.84 bits per heavy atom. The molecule has 1 aliphatic rings. The van der Waals surface area contributed by atoms with Crippen LogP contribution in [0.15, 0.2) is 0 Å². The summed E-state index contributed by atoms with van der Waals surface area (Å²) in [5, 5.41) is 16.0. The van der Waals surface area contributed by atoms with Crippen molar-refractivity contribution in [3.63, 3.8) is 0 Å². The van der Waals surface area contributed by atoms with E-state index >= 15 is 0 Å². The van der Waals surface area contributed by atoms with Crippen molar-refractivity contribution in [3.8, 4) is 0 Å². The van der Waals surface area contributed by atoms with Gasteiger partial charge in [0.2, 0.25) is 0 Å². The van der Waals surface area contributed by atoms with Crippen LogP contribution >= 0.6 is 11.5 Å². The van der Waals surface area contributed by atoms with E-state index in [0.29, 0.717) is 17.1 Å². The fraction of sp³-hybridized carbons (Fsp3) is 0.667. The van der Waals surface area contributed by atoms with Crippen LogP contribution in [0, 0.1) is 5.41 Å². The topological polar surface area (TPSA) is 100 Å². The first-order valence-corrected chi connectivity index (χ1v) is 7.11. The summed E-state index contributed by atoms with van der Waals surface area (Å²) in [5.74, 6) is 0.0884. The molecule has 1 aliphatic carbocycles. The lowest BCUT2D eigenvalue weighted by Gasteiger charge is -2.22. The zero-order valence-corrected chi connectivity index (χ0v) is 12.0. The number of aromatic nitrogens is 1. The van der Waals surface area contributed by atoms with Gasteiger partial charge in [-0.2, -0.15) is 4.37 Å². The van der Waals surface area contributed by atoms with Gasteiger partial charge in [-0.25, -0.2) is 0 Å². The molecular formula is C12H20N4O2S. The van der Waals surface area contributed by atoms with Crippen LogP contribution in [0.25, 0.3) is 0 Å². The lowest BCUT2D eigenvalue weighted by atomic mass is 9.95. The van der Waals surface area contributed by atoms with E-state index in [-0.39, 0.29) is 29.8 Å². The third kappa shape index (κ3) is 3.57. The Hall–Kier alpha value is -1.34. The quantitative estimate of drug-likeness (QED) is 0.625. The summed E-state index contributed by atoms with van der Waals surface area (Å²) in [5.41, 5.74) is 5.92. The number of amides is 1. The van der Waals surface area contributed by atoms with E-state index < -0.39 is 0 Å². The molecule has 2 rings (SSSR count). The van der Waals surface area contributed by atoms with Crippen molar-refractivity contribution in [2.75, 3.05) is 24.2 Å². The predicted molar refractivity (Wildman–Crippen MR) is 76.4 cm³/mol. The standard InChI is InChI=1S/C12H20N4O2S/c1-12(2,6-17)5-14-11-8(9(13)16-19-11)10(18)15-7-3-4-7/h7,14,17H,3-6H2,1-2H3,(H2,13,16)(H,15,18). The summed E-state index contributed by atoms with van der Waals surface area (Å²) < 4.78 is 4.03. The van der Waals surface area contributed by atoms with Crippen LogP contribution in [0.1, 0.15) is 37.0 Å². The lowest BCUT2D eigenvalue weighted by Crippen LogP contribution is -2.29. The Balaban J connectivity index is 2.06. The van der Waals surface area contributed by atoms with Gasteiger partial charge in [0.1, 0.15) is 10.6 Å². The number of nitrogen functional groups attached to an aromatic ring is 1. The number of carbonyl (C=O) groups is 1. The SMILES string of the molecule is CC(C)(CO)CNc1snc(N)c1C(=O)NC1CC1. The summed E-state index contributed by atoms with van der Waals surface area (Å²) in [7, 11) is 0. The molecule has 5 N–H and O–H groups in total. The molecule has 0 saturated heterocycles. The molecule has 1 aromatic rings. The van der Waals surface area contributed by atoms with E-state index in [4.69, 9.17) is 5.73 Å². The van der Waals surface area contributed by atoms with Gasteiger partial charge in [-0.15, -0.1) is 0 Å². The fourth-order valence-electron chi connectivity index (χ4n) is 1.50. The number of nitrogens with one attached hydrogen (secondary N) is 2. The minimum absolute atomic E-state index is 0.0674. The van der Waals surface area contributed by atoms with Gasteiger partial charge < -0.3 is 21.5 Å². The maximum atomic E-state index is 12.1. The van der Waals surface area contributed by atoms with Crippen molar-refractivity contribution in [2.24, 2.45) is 5.41 Å². The Kier molecular flexibility index (Phi) is 3.96. The van der Waals surface area contributed by atoms with Gasteiger partial charge in [0, 0.05) is 24.6 Å². The largest absolute Gasteiger partial charge is 0.396 e. The number of anilines is 2. The molecule has 0 radical (unpaired) electrons. The maximum absolute atomic E-state index is 12.1. The number of aliphatic hydroxyl groups is 1. The monoisotopic (exact) mass is 284 g/mol. The van der Waals surface area contributed by atoms with E-state index in [1.807, 2.05) is 13.8 Å². The number of rotatable bonds is 6. The van der Waals surface area contributed by atoms with Crippen molar-refractivity contribution < 1.29 is 9.90 Å². The molecule has 0 bridgehead atoms. The van der Waals surface area contributed by atoms with E-state index in [9.17, 15) is 9.90 Å². The van der Waals surface area contributed by atoms with Gasteiger partial charge in [-0.3, -0.25) is 4.79 Å². The van der Waals surface area contributed by atoms with E-state index in [1.165, 1.54) is 11.5 Å². The van der Waals surface area contributed by atoms with Crippen molar-refractivity contribution >= 4 is 28.3 Å². The molecule has 1 aromatic heterocycles. The van der Waals surface area contributed by atoms with Gasteiger partial charge in [0.15, 0.2) is 5.82 Å². The molecule has 106 valence electrons. The van der Waals surface area contributed by atoms with E-state index in [0.717, 1.165) is 12.8 Å². The Bertz CT molecular complexity index is 468. The van der Waals surface area contributed by atoms with Crippen molar-refractivity contribution in [2.45, 2.75) is 32.7 Å². The fourth-order valence-corrected chi connectivity index (χ4v) is 2.21. The average Bonchev–Trinajstić information content (AvgIpc) is 3.08. The van der Waals surface area contributed by atoms with Crippen LogP contribution in [0.5, 0.6) is 0 Å². The molecule has 0 aromatic carbocycles. The number of nitrogens with zero attached hydrogens (tertiary/aromatic N) is 1. The summed E-state index contributed by atoms with van der Waals surface area (Å²) in [6, 6.07) is 0.286. The van der Waals surface area contributed by atoms with Gasteiger partial charge in [0.25, 0.3) is 5.91 Å². The van der Waals surface area contributed by atoms with E-state index in [1.54, 1.807) is 0 Å². The van der Waals surface area contributed by atoms with Crippen LogP contribution in [-0.2, 0) is 0 Å². The maximum Gasteiger partial charge on any atom is 0.258 e. The molecule has 1 amide bonds. The second-order valence-electron chi connectivity index (χ2n) is 5.70. The number of aliphatic hydroxyl groups excluding tert-OH is 1. The molecule has 19 heavy (non-hydrogen) atoms. The molecule has 6 nitrogen and oxygen atoms in total. The predicted octanol–water partition coefficient (Wildman–Crippen LogP) is 1.05. The van der Waals surface area contributed by atoms with Gasteiger partial charge in [-0.1, -0.05) is 13.8 Å². The Labute approximate surface area is 116 Å². The zero-order valence-electron chi connectivity index (χ0n) is 11.2. The molecule has 7 heteroatoms. The molecule has 1 fully saturated rings. The van der Waals surface area contributed by atoms with Gasteiger partial charge in [-0.05, 0) is 24.4 Å². The minimum Gasteiger partial charge on any atom is -0.396 e. The number of nitrogens with two attached hydrogens (primary N) is 1. The van der Waals surface area contributed by atoms with Crippen LogP contribution in [0.3, 0.4) is 0 Å². The summed E-state index contributed by atoms with van der Waals surface area (Å²) >= 11 is 1.17. The first-order valence-electron chi connectivity index (χ1n) is 6.34. The zero-order chi connectivity index (χ0) is 14.0. The first kappa shape index (κ1) is 14.1. The normalized spacial score (nSPS) is 15.3. The summed E-state index contributed by atoms with van der Waals surface area (Å²) in [6.45, 7) is 4.50. The van der Waals surface area contributed by atoms with Crippen molar-refractivity contribution in [1.29, 1.82) is 0 Å². The molecule has 1 heterocycles. The summed E-state index contributed by atoms with van der Waals surface area (Å²) in [6.07, 6.45) is 2.06. The van der Waals surface area contributed by atoms with Gasteiger partial charge >= 0.3 is 0 Å². The molecule has 0 spiro atoms. The lowest BCUT2D eigenvalue weighted by molar-refractivity contribution is 0.0953. The van der Waals surface area contributed by atoms with Gasteiger partial charge in [0.05, 0.1) is 0 Å². The number of hydrogen-bond donors (Lipinski definition) is 4. The Morgan fingerprint density at radius 1 is 1.58 bits per heavy atom. The molecule has 0 aliphatic heterocycles. The van der Waals surface area contributed by atoms with E-state index in [2.05, 4.69) is 15.0 Å². The highest BCUT2D eigenvalue weighted by Gasteiger charge is 2.28. The highest BCUT2D eigenvalue weighted by atomic mass is 32.1. The number of hydrogen-bond acceptors (Lipinski definition) is 6. The molecule has 0 atom stereocenters. The smallest absolute Gasteiger partial charge is 0.258 e. The van der Waals surface area contributed by atoms with Crippen LogP contribution in [0.4, 0.5) is 10.8 Å². The second kappa shape index (κ2) is 5.34. The van der Waals surface area contributed by atoms with Crippen molar-refractivity contribution in [1.82, 2.24) is 9.69 Å². The van der Waals surface area contributed by atoms with Crippen LogP contribution in [0.2, 0.25) is 0 Å². The highest BCUT2D eigenvalue weighted by molar-refractivity contribution is 7.11. The highest BCUT2D eigenvalue weighted by Crippen LogP contribution is 2.29. The van der Waals surface area contributed by atoms with Crippen molar-refractivity contribution in [3.05, 3.63) is 5.56 Å². The van der Waals surface area contributed by atoms with Crippen LogP contribution in [-0.4, -0.2) is 34.6 Å².